The highest BCUT2D eigenvalue weighted by Crippen LogP contribution is 2.21. The van der Waals surface area contributed by atoms with Crippen LogP contribution in [0.1, 0.15) is 214 Å². The normalized spacial score (nSPS) is 11.8. The maximum atomic E-state index is 12.8. The first-order chi connectivity index (χ1) is 27.2. The van der Waals surface area contributed by atoms with Crippen LogP contribution in [0, 0.1) is 11.8 Å². The van der Waals surface area contributed by atoms with E-state index in [1.54, 1.807) is 0 Å². The van der Waals surface area contributed by atoms with Gasteiger partial charge in [-0.15, -0.1) is 0 Å². The molecule has 0 aliphatic heterocycles. The van der Waals surface area contributed by atoms with Crippen LogP contribution in [0.25, 0.3) is 0 Å². The van der Waals surface area contributed by atoms with Crippen molar-refractivity contribution in [1.29, 1.82) is 0 Å². The van der Waals surface area contributed by atoms with Gasteiger partial charge in [-0.3, -0.25) is 19.2 Å². The van der Waals surface area contributed by atoms with Gasteiger partial charge in [-0.05, 0) is 64.7 Å². The molecule has 0 fully saturated rings. The molecule has 0 saturated carbocycles. The summed E-state index contributed by atoms with van der Waals surface area (Å²) in [5, 5.41) is 8.39. The van der Waals surface area contributed by atoms with E-state index in [2.05, 4.69) is 50.2 Å². The zero-order valence-electron chi connectivity index (χ0n) is 37.2. The summed E-state index contributed by atoms with van der Waals surface area (Å²) in [6.45, 7) is 16.5. The van der Waals surface area contributed by atoms with E-state index in [1.807, 2.05) is 6.92 Å². The first kappa shape index (κ1) is 55.3. The van der Waals surface area contributed by atoms with Crippen molar-refractivity contribution in [2.75, 3.05) is 32.8 Å². The van der Waals surface area contributed by atoms with E-state index in [0.29, 0.717) is 32.0 Å². The number of esters is 2. The van der Waals surface area contributed by atoms with Gasteiger partial charge in [-0.25, -0.2) is 0 Å². The molecule has 0 rings (SSSR count). The zero-order valence-corrected chi connectivity index (χ0v) is 37.2. The van der Waals surface area contributed by atoms with Crippen LogP contribution in [0.4, 0.5) is 0 Å². The highest BCUT2D eigenvalue weighted by molar-refractivity contribution is 5.84. The van der Waals surface area contributed by atoms with Crippen LogP contribution < -0.4 is 21.7 Å². The molecule has 0 saturated heterocycles. The standard InChI is InChI=1S/C42H80N2O6.C4H10N2/c1-5-9-12-14-16-23-31-38(30-22-13-10-6-2)42(48)50-35-27-20-18-25-33-43-40(46)36-44-39(45)32-24-17-15-19-26-34-49-41(47)37(28-8-4)29-21-11-7-3;1-3-6-4(2)5/h37-38H,5-36H2,1-4H3,(H,43,46)(H,44,45);6H,2-3,5H2,1H3. The van der Waals surface area contributed by atoms with Gasteiger partial charge >= 0.3 is 11.9 Å². The van der Waals surface area contributed by atoms with Crippen molar-refractivity contribution in [3.05, 3.63) is 12.4 Å². The van der Waals surface area contributed by atoms with E-state index >= 15 is 0 Å². The number of carbonyl (C=O) groups excluding carboxylic acids is 4. The molecule has 0 aromatic carbocycles. The molecule has 10 nitrogen and oxygen atoms in total. The minimum absolute atomic E-state index is 0.00676. The summed E-state index contributed by atoms with van der Waals surface area (Å²) in [5.41, 5.74) is 5.10. The summed E-state index contributed by atoms with van der Waals surface area (Å²) in [6.07, 6.45) is 29.0. The molecule has 0 bridgehead atoms. The Balaban J connectivity index is 0. The zero-order chi connectivity index (χ0) is 41.9. The van der Waals surface area contributed by atoms with E-state index in [9.17, 15) is 19.2 Å². The number of hydrogen-bond donors (Lipinski definition) is 4. The fraction of sp³-hybridized carbons (Fsp3) is 0.870. The molecule has 10 heteroatoms. The number of carbonyl (C=O) groups is 4. The van der Waals surface area contributed by atoms with Gasteiger partial charge in [0.15, 0.2) is 0 Å². The van der Waals surface area contributed by atoms with Gasteiger partial charge in [-0.1, -0.05) is 150 Å². The number of unbranched alkanes of at least 4 members (excludes halogenated alkanes) is 17. The molecule has 2 unspecified atom stereocenters. The van der Waals surface area contributed by atoms with Crippen LogP contribution in [0.3, 0.4) is 0 Å². The number of nitrogens with one attached hydrogen (secondary N) is 3. The van der Waals surface area contributed by atoms with Crippen LogP contribution in [0.5, 0.6) is 0 Å². The Morgan fingerprint density at radius 1 is 0.482 bits per heavy atom. The second-order valence-corrected chi connectivity index (χ2v) is 15.5. The van der Waals surface area contributed by atoms with Gasteiger partial charge in [0.25, 0.3) is 0 Å². The maximum Gasteiger partial charge on any atom is 0.308 e. The minimum Gasteiger partial charge on any atom is -0.465 e. The van der Waals surface area contributed by atoms with E-state index in [4.69, 9.17) is 15.2 Å². The first-order valence-corrected chi connectivity index (χ1v) is 23.2. The summed E-state index contributed by atoms with van der Waals surface area (Å²) in [6, 6.07) is 0. The molecule has 5 N–H and O–H groups in total. The molecule has 56 heavy (non-hydrogen) atoms. The number of rotatable bonds is 39. The van der Waals surface area contributed by atoms with Crippen molar-refractivity contribution in [3.8, 4) is 0 Å². The first-order valence-electron chi connectivity index (χ1n) is 23.2. The molecule has 0 aromatic heterocycles. The third-order valence-corrected chi connectivity index (χ3v) is 10.1. The SMILES string of the molecule is C=C(N)NCC.CCCCCCCCC(CCCCCC)C(=O)OCCCCCCNC(=O)CNC(=O)CCCCCCCOC(=O)C(CCC)CCCCC. The summed E-state index contributed by atoms with van der Waals surface area (Å²) in [7, 11) is 0. The highest BCUT2D eigenvalue weighted by Gasteiger charge is 2.20. The van der Waals surface area contributed by atoms with Gasteiger partial charge in [0.2, 0.25) is 11.8 Å². The van der Waals surface area contributed by atoms with Gasteiger partial charge in [0, 0.05) is 19.5 Å². The van der Waals surface area contributed by atoms with Crippen LogP contribution in [-0.4, -0.2) is 56.6 Å². The van der Waals surface area contributed by atoms with Gasteiger partial charge in [-0.2, -0.15) is 0 Å². The van der Waals surface area contributed by atoms with Gasteiger partial charge < -0.3 is 31.2 Å². The highest BCUT2D eigenvalue weighted by atomic mass is 16.5. The third-order valence-electron chi connectivity index (χ3n) is 10.1. The predicted molar refractivity (Wildman–Crippen MR) is 234 cm³/mol. The van der Waals surface area contributed by atoms with E-state index in [1.165, 1.54) is 57.8 Å². The molecular weight excluding hydrogens is 705 g/mol. The van der Waals surface area contributed by atoms with Gasteiger partial charge in [0.05, 0.1) is 37.4 Å². The van der Waals surface area contributed by atoms with Crippen LogP contribution in [0.2, 0.25) is 0 Å². The van der Waals surface area contributed by atoms with Crippen molar-refractivity contribution in [2.24, 2.45) is 17.6 Å². The second-order valence-electron chi connectivity index (χ2n) is 15.5. The second kappa shape index (κ2) is 43.3. The summed E-state index contributed by atoms with van der Waals surface area (Å²) in [4.78, 5) is 49.4. The molecule has 0 spiro atoms. The molecule has 0 radical (unpaired) electrons. The Bertz CT molecular complexity index is 947. The Hall–Kier alpha value is -2.78. The number of nitrogens with two attached hydrogens (primary N) is 1. The van der Waals surface area contributed by atoms with E-state index in [-0.39, 0.29) is 42.1 Å². The van der Waals surface area contributed by atoms with Crippen LogP contribution in [0.15, 0.2) is 12.4 Å². The van der Waals surface area contributed by atoms with Crippen molar-refractivity contribution >= 4 is 23.8 Å². The lowest BCUT2D eigenvalue weighted by Gasteiger charge is -2.16. The topological polar surface area (TPSA) is 149 Å². The third kappa shape index (κ3) is 39.5. The average molecular weight is 795 g/mol. The monoisotopic (exact) mass is 795 g/mol. The van der Waals surface area contributed by atoms with E-state index < -0.39 is 0 Å². The Morgan fingerprint density at radius 3 is 1.41 bits per heavy atom. The Morgan fingerprint density at radius 2 is 0.911 bits per heavy atom. The fourth-order valence-corrected chi connectivity index (χ4v) is 6.60. The van der Waals surface area contributed by atoms with Crippen LogP contribution >= 0.6 is 0 Å². The van der Waals surface area contributed by atoms with Crippen molar-refractivity contribution in [3.63, 3.8) is 0 Å². The lowest BCUT2D eigenvalue weighted by Crippen LogP contribution is -2.37. The lowest BCUT2D eigenvalue weighted by molar-refractivity contribution is -0.150. The summed E-state index contributed by atoms with van der Waals surface area (Å²) >= 11 is 0. The summed E-state index contributed by atoms with van der Waals surface area (Å²) < 4.78 is 11.2. The largest absolute Gasteiger partial charge is 0.465 e. The van der Waals surface area contributed by atoms with Crippen LogP contribution in [-0.2, 0) is 28.7 Å². The molecule has 0 aromatic rings. The molecule has 2 atom stereocenters. The summed E-state index contributed by atoms with van der Waals surface area (Å²) in [5.74, 6) is 0.335. The number of amides is 2. The molecule has 0 heterocycles. The van der Waals surface area contributed by atoms with E-state index in [0.717, 1.165) is 122 Å². The Labute approximate surface area is 344 Å². The fourth-order valence-electron chi connectivity index (χ4n) is 6.60. The number of hydrogen-bond acceptors (Lipinski definition) is 8. The molecule has 0 aliphatic carbocycles. The molecule has 0 aliphatic rings. The molecule has 2 amide bonds. The van der Waals surface area contributed by atoms with Crippen molar-refractivity contribution < 1.29 is 28.7 Å². The number of ether oxygens (including phenoxy) is 2. The van der Waals surface area contributed by atoms with Gasteiger partial charge in [0.1, 0.15) is 0 Å². The lowest BCUT2D eigenvalue weighted by atomic mass is 9.94. The predicted octanol–water partition coefficient (Wildman–Crippen LogP) is 10.6. The van der Waals surface area contributed by atoms with Crippen molar-refractivity contribution in [1.82, 2.24) is 16.0 Å². The smallest absolute Gasteiger partial charge is 0.308 e. The molecule has 330 valence electrons. The molecular formula is C46H90N4O6. The quantitative estimate of drug-likeness (QED) is 0.0355. The Kier molecular flexibility index (Phi) is 42.8. The minimum atomic E-state index is -0.163. The average Bonchev–Trinajstić information content (AvgIpc) is 3.17. The maximum absolute atomic E-state index is 12.8. The van der Waals surface area contributed by atoms with Crippen molar-refractivity contribution in [2.45, 2.75) is 214 Å².